The molecule has 1 aliphatic rings. The van der Waals surface area contributed by atoms with E-state index in [1.165, 1.54) is 30.4 Å². The minimum atomic E-state index is 0.680. The molecule has 1 N–H and O–H groups in total. The summed E-state index contributed by atoms with van der Waals surface area (Å²) in [5, 5.41) is 3.63. The molecule has 1 unspecified atom stereocenters. The van der Waals surface area contributed by atoms with Gasteiger partial charge in [0.2, 0.25) is 0 Å². The second-order valence-electron chi connectivity index (χ2n) is 4.85. The molecule has 0 spiro atoms. The lowest BCUT2D eigenvalue weighted by Gasteiger charge is -2.32. The summed E-state index contributed by atoms with van der Waals surface area (Å²) < 4.78 is 0. The van der Waals surface area contributed by atoms with E-state index in [9.17, 15) is 0 Å². The molecule has 82 valence electrons. The SMILES string of the molecule is Cc1cccc(CNC(C)C2CCC2)c1. The topological polar surface area (TPSA) is 12.0 Å². The van der Waals surface area contributed by atoms with Crippen molar-refractivity contribution >= 4 is 0 Å². The zero-order valence-corrected chi connectivity index (χ0v) is 9.79. The third-order valence-electron chi connectivity index (χ3n) is 3.57. The predicted molar refractivity (Wildman–Crippen MR) is 64.8 cm³/mol. The lowest BCUT2D eigenvalue weighted by molar-refractivity contribution is 0.240. The zero-order chi connectivity index (χ0) is 10.7. The van der Waals surface area contributed by atoms with E-state index in [0.717, 1.165) is 12.5 Å². The van der Waals surface area contributed by atoms with Crippen LogP contribution < -0.4 is 5.32 Å². The monoisotopic (exact) mass is 203 g/mol. The van der Waals surface area contributed by atoms with Gasteiger partial charge < -0.3 is 5.32 Å². The summed E-state index contributed by atoms with van der Waals surface area (Å²) in [7, 11) is 0. The fourth-order valence-electron chi connectivity index (χ4n) is 2.21. The quantitative estimate of drug-likeness (QED) is 0.792. The molecule has 0 bridgehead atoms. The Morgan fingerprint density at radius 3 is 2.80 bits per heavy atom. The van der Waals surface area contributed by atoms with Crippen molar-refractivity contribution in [2.75, 3.05) is 0 Å². The van der Waals surface area contributed by atoms with Crippen LogP contribution in [0.25, 0.3) is 0 Å². The van der Waals surface area contributed by atoms with E-state index >= 15 is 0 Å². The molecule has 0 heterocycles. The molecule has 0 saturated heterocycles. The molecule has 1 saturated carbocycles. The maximum Gasteiger partial charge on any atom is 0.0208 e. The molecule has 1 fully saturated rings. The molecular formula is C14H21N. The van der Waals surface area contributed by atoms with Gasteiger partial charge in [-0.2, -0.15) is 0 Å². The average Bonchev–Trinajstić information content (AvgIpc) is 2.12. The molecule has 0 aromatic heterocycles. The number of hydrogen-bond donors (Lipinski definition) is 1. The molecule has 1 aromatic carbocycles. The van der Waals surface area contributed by atoms with Crippen molar-refractivity contribution in [2.45, 2.75) is 45.7 Å². The number of rotatable bonds is 4. The van der Waals surface area contributed by atoms with E-state index < -0.39 is 0 Å². The van der Waals surface area contributed by atoms with Crippen molar-refractivity contribution in [3.63, 3.8) is 0 Å². The van der Waals surface area contributed by atoms with Crippen LogP contribution in [0.3, 0.4) is 0 Å². The summed E-state index contributed by atoms with van der Waals surface area (Å²) in [4.78, 5) is 0. The lowest BCUT2D eigenvalue weighted by atomic mass is 9.80. The molecule has 1 aliphatic carbocycles. The van der Waals surface area contributed by atoms with Crippen molar-refractivity contribution in [3.05, 3.63) is 35.4 Å². The van der Waals surface area contributed by atoms with Crippen molar-refractivity contribution in [1.82, 2.24) is 5.32 Å². The second kappa shape index (κ2) is 4.80. The van der Waals surface area contributed by atoms with Crippen molar-refractivity contribution in [3.8, 4) is 0 Å². The predicted octanol–water partition coefficient (Wildman–Crippen LogP) is 3.27. The van der Waals surface area contributed by atoms with E-state index in [1.807, 2.05) is 0 Å². The van der Waals surface area contributed by atoms with E-state index in [1.54, 1.807) is 0 Å². The first-order valence-electron chi connectivity index (χ1n) is 6.04. The Labute approximate surface area is 92.9 Å². The van der Waals surface area contributed by atoms with Crippen molar-refractivity contribution in [2.24, 2.45) is 5.92 Å². The molecule has 0 aliphatic heterocycles. The van der Waals surface area contributed by atoms with Gasteiger partial charge in [-0.25, -0.2) is 0 Å². The fraction of sp³-hybridized carbons (Fsp3) is 0.571. The number of hydrogen-bond acceptors (Lipinski definition) is 1. The molecule has 1 aromatic rings. The maximum atomic E-state index is 3.63. The molecule has 15 heavy (non-hydrogen) atoms. The lowest BCUT2D eigenvalue weighted by Crippen LogP contribution is -2.36. The first kappa shape index (κ1) is 10.7. The first-order chi connectivity index (χ1) is 7.25. The van der Waals surface area contributed by atoms with E-state index in [0.29, 0.717) is 6.04 Å². The Balaban J connectivity index is 1.81. The first-order valence-corrected chi connectivity index (χ1v) is 6.04. The van der Waals surface area contributed by atoms with Gasteiger partial charge in [-0.3, -0.25) is 0 Å². The summed E-state index contributed by atoms with van der Waals surface area (Å²) in [6.07, 6.45) is 4.27. The minimum Gasteiger partial charge on any atom is -0.310 e. The smallest absolute Gasteiger partial charge is 0.0208 e. The average molecular weight is 203 g/mol. The summed E-state index contributed by atoms with van der Waals surface area (Å²) in [5.41, 5.74) is 2.76. The van der Waals surface area contributed by atoms with E-state index in [-0.39, 0.29) is 0 Å². The Bertz CT molecular complexity index is 315. The van der Waals surface area contributed by atoms with Gasteiger partial charge in [-0.05, 0) is 38.2 Å². The summed E-state index contributed by atoms with van der Waals surface area (Å²) >= 11 is 0. The summed E-state index contributed by atoms with van der Waals surface area (Å²) in [6, 6.07) is 9.44. The molecule has 0 amide bonds. The van der Waals surface area contributed by atoms with Crippen molar-refractivity contribution < 1.29 is 0 Å². The highest BCUT2D eigenvalue weighted by Gasteiger charge is 2.23. The van der Waals surface area contributed by atoms with Crippen LogP contribution in [0.1, 0.15) is 37.3 Å². The normalized spacial score (nSPS) is 18.5. The van der Waals surface area contributed by atoms with Crippen LogP contribution in [-0.4, -0.2) is 6.04 Å². The second-order valence-corrected chi connectivity index (χ2v) is 4.85. The fourth-order valence-corrected chi connectivity index (χ4v) is 2.21. The Kier molecular flexibility index (Phi) is 3.42. The Hall–Kier alpha value is -0.820. The van der Waals surface area contributed by atoms with Crippen LogP contribution in [0.4, 0.5) is 0 Å². The highest BCUT2D eigenvalue weighted by molar-refractivity contribution is 5.22. The van der Waals surface area contributed by atoms with Gasteiger partial charge in [-0.1, -0.05) is 36.2 Å². The minimum absolute atomic E-state index is 0.680. The maximum absolute atomic E-state index is 3.63. The van der Waals surface area contributed by atoms with Crippen molar-refractivity contribution in [1.29, 1.82) is 0 Å². The third kappa shape index (κ3) is 2.82. The third-order valence-corrected chi connectivity index (χ3v) is 3.57. The highest BCUT2D eigenvalue weighted by atomic mass is 14.9. The van der Waals surface area contributed by atoms with Gasteiger partial charge in [0.05, 0.1) is 0 Å². The number of benzene rings is 1. The van der Waals surface area contributed by atoms with Crippen LogP contribution in [0.15, 0.2) is 24.3 Å². The van der Waals surface area contributed by atoms with Crippen LogP contribution in [0.5, 0.6) is 0 Å². The van der Waals surface area contributed by atoms with Crippen LogP contribution in [0, 0.1) is 12.8 Å². The Morgan fingerprint density at radius 1 is 1.40 bits per heavy atom. The van der Waals surface area contributed by atoms with Gasteiger partial charge in [0, 0.05) is 12.6 Å². The van der Waals surface area contributed by atoms with Gasteiger partial charge in [0.1, 0.15) is 0 Å². The molecule has 0 radical (unpaired) electrons. The standard InChI is InChI=1S/C14H21N/c1-11-5-3-6-13(9-11)10-15-12(2)14-7-4-8-14/h3,5-6,9,12,14-15H,4,7-8,10H2,1-2H3. The molecular weight excluding hydrogens is 182 g/mol. The zero-order valence-electron chi connectivity index (χ0n) is 9.79. The largest absolute Gasteiger partial charge is 0.310 e. The van der Waals surface area contributed by atoms with Gasteiger partial charge in [0.15, 0.2) is 0 Å². The highest BCUT2D eigenvalue weighted by Crippen LogP contribution is 2.29. The van der Waals surface area contributed by atoms with E-state index in [4.69, 9.17) is 0 Å². The Morgan fingerprint density at radius 2 is 2.20 bits per heavy atom. The van der Waals surface area contributed by atoms with Crippen LogP contribution in [-0.2, 0) is 6.54 Å². The van der Waals surface area contributed by atoms with Gasteiger partial charge >= 0.3 is 0 Å². The summed E-state index contributed by atoms with van der Waals surface area (Å²) in [5.74, 6) is 0.926. The van der Waals surface area contributed by atoms with Gasteiger partial charge in [-0.15, -0.1) is 0 Å². The molecule has 1 atom stereocenters. The summed E-state index contributed by atoms with van der Waals surface area (Å²) in [6.45, 7) is 5.48. The van der Waals surface area contributed by atoms with Crippen LogP contribution >= 0.6 is 0 Å². The number of nitrogens with one attached hydrogen (secondary N) is 1. The van der Waals surface area contributed by atoms with Crippen LogP contribution in [0.2, 0.25) is 0 Å². The van der Waals surface area contributed by atoms with E-state index in [2.05, 4.69) is 43.4 Å². The molecule has 2 rings (SSSR count). The molecule has 1 heteroatoms. The van der Waals surface area contributed by atoms with Gasteiger partial charge in [0.25, 0.3) is 0 Å². The number of aryl methyl sites for hydroxylation is 1. The molecule has 1 nitrogen and oxygen atoms in total.